The maximum Gasteiger partial charge on any atom is 0.261 e. The molecule has 25 heavy (non-hydrogen) atoms. The Kier molecular flexibility index (Phi) is 5.30. The van der Waals surface area contributed by atoms with Gasteiger partial charge in [-0.3, -0.25) is 14.2 Å². The van der Waals surface area contributed by atoms with E-state index in [0.717, 1.165) is 0 Å². The molecule has 7 heteroatoms. The van der Waals surface area contributed by atoms with Gasteiger partial charge in [0.2, 0.25) is 5.91 Å². The fraction of sp³-hybridized carbons (Fsp3) is 0.167. The highest BCUT2D eigenvalue weighted by atomic mass is 35.5. The van der Waals surface area contributed by atoms with E-state index in [4.69, 9.17) is 16.3 Å². The third kappa shape index (κ3) is 4.36. The summed E-state index contributed by atoms with van der Waals surface area (Å²) < 4.78 is 6.78. The van der Waals surface area contributed by atoms with Gasteiger partial charge >= 0.3 is 0 Å². The number of aromatic nitrogens is 2. The normalized spacial score (nSPS) is 10.6. The lowest BCUT2D eigenvalue weighted by Gasteiger charge is -2.09. The van der Waals surface area contributed by atoms with E-state index < -0.39 is 0 Å². The first kappa shape index (κ1) is 17.0. The van der Waals surface area contributed by atoms with Crippen LogP contribution in [-0.2, 0) is 11.3 Å². The number of carbonyl (C=O) groups excluding carboxylic acids is 1. The number of ether oxygens (including phenoxy) is 1. The molecule has 3 aromatic rings. The minimum absolute atomic E-state index is 0.0895. The highest BCUT2D eigenvalue weighted by Crippen LogP contribution is 2.16. The van der Waals surface area contributed by atoms with Crippen LogP contribution >= 0.6 is 11.6 Å². The highest BCUT2D eigenvalue weighted by molar-refractivity contribution is 6.30. The van der Waals surface area contributed by atoms with Gasteiger partial charge < -0.3 is 10.1 Å². The summed E-state index contributed by atoms with van der Waals surface area (Å²) in [6.45, 7) is 0.534. The van der Waals surface area contributed by atoms with E-state index >= 15 is 0 Å². The maximum atomic E-state index is 12.3. The molecule has 0 unspecified atom stereocenters. The average Bonchev–Trinajstić information content (AvgIpc) is 2.61. The standard InChI is InChI=1S/C18H16ClN3O3/c19-13-4-3-5-14(10-13)25-9-8-20-17(23)11-22-12-21-16-7-2-1-6-15(16)18(22)24/h1-7,10,12H,8-9,11H2,(H,20,23). The van der Waals surface area contributed by atoms with Gasteiger partial charge in [0, 0.05) is 5.02 Å². The van der Waals surface area contributed by atoms with Crippen LogP contribution in [0.3, 0.4) is 0 Å². The lowest BCUT2D eigenvalue weighted by molar-refractivity contribution is -0.121. The van der Waals surface area contributed by atoms with Gasteiger partial charge in [-0.05, 0) is 30.3 Å². The molecular formula is C18H16ClN3O3. The zero-order valence-corrected chi connectivity index (χ0v) is 14.1. The first-order chi connectivity index (χ1) is 12.1. The molecule has 0 fully saturated rings. The SMILES string of the molecule is O=C(Cn1cnc2ccccc2c1=O)NCCOc1cccc(Cl)c1. The topological polar surface area (TPSA) is 73.2 Å². The Morgan fingerprint density at radius 1 is 1.20 bits per heavy atom. The number of halogens is 1. The zero-order chi connectivity index (χ0) is 17.6. The van der Waals surface area contributed by atoms with E-state index in [9.17, 15) is 9.59 Å². The molecule has 0 bridgehead atoms. The molecule has 0 spiro atoms. The number of fused-ring (bicyclic) bond motifs is 1. The van der Waals surface area contributed by atoms with E-state index in [0.29, 0.717) is 34.8 Å². The van der Waals surface area contributed by atoms with Gasteiger partial charge in [0.25, 0.3) is 5.56 Å². The van der Waals surface area contributed by atoms with Crippen molar-refractivity contribution in [2.75, 3.05) is 13.2 Å². The Bertz CT molecular complexity index is 955. The van der Waals surface area contributed by atoms with Crippen molar-refractivity contribution in [1.29, 1.82) is 0 Å². The molecule has 2 aromatic carbocycles. The summed E-state index contributed by atoms with van der Waals surface area (Å²) in [5, 5.41) is 3.78. The Labute approximate surface area is 149 Å². The van der Waals surface area contributed by atoms with Crippen LogP contribution in [0.25, 0.3) is 10.9 Å². The van der Waals surface area contributed by atoms with Crippen molar-refractivity contribution in [3.63, 3.8) is 0 Å². The van der Waals surface area contributed by atoms with E-state index in [1.807, 2.05) is 6.07 Å². The summed E-state index contributed by atoms with van der Waals surface area (Å²) in [6, 6.07) is 14.1. The first-order valence-electron chi connectivity index (χ1n) is 7.73. The van der Waals surface area contributed by atoms with Crippen LogP contribution in [0.5, 0.6) is 5.75 Å². The number of amides is 1. The fourth-order valence-corrected chi connectivity index (χ4v) is 2.53. The van der Waals surface area contributed by atoms with Crippen molar-refractivity contribution < 1.29 is 9.53 Å². The number of rotatable bonds is 6. The highest BCUT2D eigenvalue weighted by Gasteiger charge is 2.07. The van der Waals surface area contributed by atoms with Gasteiger partial charge in [-0.2, -0.15) is 0 Å². The Balaban J connectivity index is 1.53. The monoisotopic (exact) mass is 357 g/mol. The molecule has 0 aliphatic rings. The maximum absolute atomic E-state index is 12.3. The van der Waals surface area contributed by atoms with Gasteiger partial charge in [-0.25, -0.2) is 4.98 Å². The fourth-order valence-electron chi connectivity index (χ4n) is 2.35. The molecule has 1 amide bonds. The quantitative estimate of drug-likeness (QED) is 0.687. The molecule has 128 valence electrons. The summed E-state index contributed by atoms with van der Waals surface area (Å²) in [6.07, 6.45) is 1.38. The predicted molar refractivity (Wildman–Crippen MR) is 96.0 cm³/mol. The molecule has 3 rings (SSSR count). The summed E-state index contributed by atoms with van der Waals surface area (Å²) in [7, 11) is 0. The predicted octanol–water partition coefficient (Wildman–Crippen LogP) is 2.25. The van der Waals surface area contributed by atoms with Crippen molar-refractivity contribution in [1.82, 2.24) is 14.9 Å². The summed E-state index contributed by atoms with van der Waals surface area (Å²) in [5.41, 5.74) is 0.370. The first-order valence-corrected chi connectivity index (χ1v) is 8.10. The van der Waals surface area contributed by atoms with Crippen LogP contribution in [0.4, 0.5) is 0 Å². The molecule has 0 aliphatic heterocycles. The lowest BCUT2D eigenvalue weighted by atomic mass is 10.2. The van der Waals surface area contributed by atoms with Gasteiger partial charge in [0.1, 0.15) is 18.9 Å². The lowest BCUT2D eigenvalue weighted by Crippen LogP contribution is -2.34. The van der Waals surface area contributed by atoms with Crippen molar-refractivity contribution >= 4 is 28.4 Å². The molecular weight excluding hydrogens is 342 g/mol. The number of benzene rings is 2. The third-order valence-electron chi connectivity index (χ3n) is 3.53. The van der Waals surface area contributed by atoms with Crippen molar-refractivity contribution in [2.45, 2.75) is 6.54 Å². The van der Waals surface area contributed by atoms with E-state index in [1.54, 1.807) is 42.5 Å². The van der Waals surface area contributed by atoms with Gasteiger partial charge in [-0.15, -0.1) is 0 Å². The number of para-hydroxylation sites is 1. The van der Waals surface area contributed by atoms with Gasteiger partial charge in [0.05, 0.1) is 23.8 Å². The number of hydrogen-bond donors (Lipinski definition) is 1. The van der Waals surface area contributed by atoms with Crippen LogP contribution < -0.4 is 15.6 Å². The second-order valence-corrected chi connectivity index (χ2v) is 5.79. The molecule has 1 N–H and O–H groups in total. The number of nitrogens with one attached hydrogen (secondary N) is 1. The van der Waals surface area contributed by atoms with Crippen LogP contribution in [0.2, 0.25) is 5.02 Å². The Morgan fingerprint density at radius 2 is 2.04 bits per heavy atom. The molecule has 0 atom stereocenters. The van der Waals surface area contributed by atoms with E-state index in [-0.39, 0.29) is 18.0 Å². The molecule has 1 aromatic heterocycles. The Morgan fingerprint density at radius 3 is 2.88 bits per heavy atom. The molecule has 0 saturated heterocycles. The number of hydrogen-bond acceptors (Lipinski definition) is 4. The van der Waals surface area contributed by atoms with Crippen LogP contribution in [0, 0.1) is 0 Å². The van der Waals surface area contributed by atoms with E-state index in [2.05, 4.69) is 10.3 Å². The molecule has 6 nitrogen and oxygen atoms in total. The summed E-state index contributed by atoms with van der Waals surface area (Å²) in [5.74, 6) is 0.352. The second kappa shape index (κ2) is 7.81. The Hall–Kier alpha value is -2.86. The largest absolute Gasteiger partial charge is 0.492 e. The zero-order valence-electron chi connectivity index (χ0n) is 13.3. The molecule has 0 radical (unpaired) electrons. The summed E-state index contributed by atoms with van der Waals surface area (Å²) >= 11 is 5.87. The number of carbonyl (C=O) groups is 1. The minimum Gasteiger partial charge on any atom is -0.492 e. The molecule has 1 heterocycles. The van der Waals surface area contributed by atoms with Crippen LogP contribution in [0.1, 0.15) is 0 Å². The van der Waals surface area contributed by atoms with Crippen LogP contribution in [-0.4, -0.2) is 28.6 Å². The van der Waals surface area contributed by atoms with E-state index in [1.165, 1.54) is 10.9 Å². The van der Waals surface area contributed by atoms with Gasteiger partial charge in [-0.1, -0.05) is 29.8 Å². The molecule has 0 aliphatic carbocycles. The third-order valence-corrected chi connectivity index (χ3v) is 3.77. The second-order valence-electron chi connectivity index (χ2n) is 5.35. The molecule has 0 saturated carbocycles. The summed E-state index contributed by atoms with van der Waals surface area (Å²) in [4.78, 5) is 28.5. The van der Waals surface area contributed by atoms with Crippen molar-refractivity contribution in [2.24, 2.45) is 0 Å². The van der Waals surface area contributed by atoms with Crippen molar-refractivity contribution in [3.05, 3.63) is 70.2 Å². The van der Waals surface area contributed by atoms with Crippen molar-refractivity contribution in [3.8, 4) is 5.75 Å². The smallest absolute Gasteiger partial charge is 0.261 e. The minimum atomic E-state index is -0.283. The number of nitrogens with zero attached hydrogens (tertiary/aromatic N) is 2. The van der Waals surface area contributed by atoms with Crippen LogP contribution in [0.15, 0.2) is 59.7 Å². The van der Waals surface area contributed by atoms with Gasteiger partial charge in [0.15, 0.2) is 0 Å². The average molecular weight is 358 g/mol.